The number of para-hydroxylation sites is 1. The van der Waals surface area contributed by atoms with Crippen LogP contribution in [0.1, 0.15) is 10.4 Å². The van der Waals surface area contributed by atoms with E-state index in [0.717, 1.165) is 18.6 Å². The molecule has 0 unspecified atom stereocenters. The molecule has 4 heteroatoms. The fraction of sp³-hybridized carbons (Fsp3) is 0.235. The van der Waals surface area contributed by atoms with E-state index in [4.69, 9.17) is 0 Å². The van der Waals surface area contributed by atoms with E-state index in [1.54, 1.807) is 11.3 Å². The fourth-order valence-corrected chi connectivity index (χ4v) is 3.26. The van der Waals surface area contributed by atoms with Gasteiger partial charge in [-0.05, 0) is 29.1 Å². The standard InChI is InChI=1S/C17H18N2OS/c20-10-9-19(13-15-4-3-11-21-15)12-14-7-8-18-17-6-2-1-5-16(14)17/h1-8,11,20H,9-10,12-13H2. The van der Waals surface area contributed by atoms with Crippen molar-refractivity contribution in [1.29, 1.82) is 0 Å². The van der Waals surface area contributed by atoms with E-state index in [2.05, 4.69) is 39.5 Å². The molecule has 3 nitrogen and oxygen atoms in total. The highest BCUT2D eigenvalue weighted by Gasteiger charge is 2.09. The summed E-state index contributed by atoms with van der Waals surface area (Å²) in [5, 5.41) is 12.6. The van der Waals surface area contributed by atoms with E-state index >= 15 is 0 Å². The average molecular weight is 298 g/mol. The molecule has 0 bridgehead atoms. The molecule has 1 N–H and O–H groups in total. The number of aromatic nitrogens is 1. The molecule has 0 atom stereocenters. The van der Waals surface area contributed by atoms with Crippen LogP contribution in [0.15, 0.2) is 54.0 Å². The van der Waals surface area contributed by atoms with Crippen molar-refractivity contribution in [2.24, 2.45) is 0 Å². The summed E-state index contributed by atoms with van der Waals surface area (Å²) in [4.78, 5) is 8.00. The van der Waals surface area contributed by atoms with Gasteiger partial charge in [-0.15, -0.1) is 11.3 Å². The maximum atomic E-state index is 9.31. The van der Waals surface area contributed by atoms with Crippen LogP contribution >= 0.6 is 11.3 Å². The SMILES string of the molecule is OCCN(Cc1cccs1)Cc1ccnc2ccccc12. The molecule has 2 heterocycles. The van der Waals surface area contributed by atoms with Crippen molar-refractivity contribution >= 4 is 22.2 Å². The zero-order chi connectivity index (χ0) is 14.5. The van der Waals surface area contributed by atoms with Crippen molar-refractivity contribution in [3.63, 3.8) is 0 Å². The highest BCUT2D eigenvalue weighted by molar-refractivity contribution is 7.09. The van der Waals surface area contributed by atoms with Gasteiger partial charge < -0.3 is 5.11 Å². The molecule has 0 aliphatic carbocycles. The molecule has 0 aliphatic rings. The molecule has 3 rings (SSSR count). The Labute approximate surface area is 128 Å². The Bertz CT molecular complexity index is 692. The zero-order valence-electron chi connectivity index (χ0n) is 11.8. The van der Waals surface area contributed by atoms with Gasteiger partial charge in [0.15, 0.2) is 0 Å². The topological polar surface area (TPSA) is 36.4 Å². The van der Waals surface area contributed by atoms with Crippen molar-refractivity contribution in [2.75, 3.05) is 13.2 Å². The van der Waals surface area contributed by atoms with Crippen LogP contribution in [0.5, 0.6) is 0 Å². The summed E-state index contributed by atoms with van der Waals surface area (Å²) in [5.41, 5.74) is 2.28. The second kappa shape index (κ2) is 6.80. The third kappa shape index (κ3) is 3.47. The number of hydrogen-bond donors (Lipinski definition) is 1. The molecule has 0 radical (unpaired) electrons. The molecular formula is C17H18N2OS. The number of hydrogen-bond acceptors (Lipinski definition) is 4. The minimum Gasteiger partial charge on any atom is -0.395 e. The summed E-state index contributed by atoms with van der Waals surface area (Å²) in [6, 6.07) is 14.5. The second-order valence-electron chi connectivity index (χ2n) is 5.00. The van der Waals surface area contributed by atoms with Gasteiger partial charge in [-0.1, -0.05) is 24.3 Å². The largest absolute Gasteiger partial charge is 0.395 e. The van der Waals surface area contributed by atoms with E-state index in [1.165, 1.54) is 15.8 Å². The van der Waals surface area contributed by atoms with Crippen molar-refractivity contribution < 1.29 is 5.11 Å². The molecule has 0 aliphatic heterocycles. The van der Waals surface area contributed by atoms with Crippen LogP contribution in [0, 0.1) is 0 Å². The van der Waals surface area contributed by atoms with Gasteiger partial charge in [0.05, 0.1) is 12.1 Å². The Hall–Kier alpha value is -1.75. The molecule has 21 heavy (non-hydrogen) atoms. The molecule has 3 aromatic rings. The molecular weight excluding hydrogens is 280 g/mol. The van der Waals surface area contributed by atoms with E-state index < -0.39 is 0 Å². The lowest BCUT2D eigenvalue weighted by Crippen LogP contribution is -2.25. The highest BCUT2D eigenvalue weighted by Crippen LogP contribution is 2.20. The molecule has 0 amide bonds. The van der Waals surface area contributed by atoms with Gasteiger partial charge >= 0.3 is 0 Å². The Balaban J connectivity index is 1.83. The van der Waals surface area contributed by atoms with Gasteiger partial charge in [-0.2, -0.15) is 0 Å². The van der Waals surface area contributed by atoms with Crippen LogP contribution in [0.3, 0.4) is 0 Å². The molecule has 2 aromatic heterocycles. The van der Waals surface area contributed by atoms with Crippen molar-refractivity contribution in [2.45, 2.75) is 13.1 Å². The Morgan fingerprint density at radius 1 is 1.05 bits per heavy atom. The Kier molecular flexibility index (Phi) is 4.60. The first kappa shape index (κ1) is 14.2. The molecule has 108 valence electrons. The Morgan fingerprint density at radius 3 is 2.76 bits per heavy atom. The third-order valence-corrected chi connectivity index (χ3v) is 4.37. The maximum absolute atomic E-state index is 9.31. The van der Waals surface area contributed by atoms with Gasteiger partial charge in [0, 0.05) is 36.1 Å². The molecule has 0 fully saturated rings. The second-order valence-corrected chi connectivity index (χ2v) is 6.03. The minimum atomic E-state index is 0.175. The average Bonchev–Trinajstić information content (AvgIpc) is 3.01. The normalized spacial score (nSPS) is 11.3. The van der Waals surface area contributed by atoms with Gasteiger partial charge in [-0.25, -0.2) is 0 Å². The number of fused-ring (bicyclic) bond motifs is 1. The summed E-state index contributed by atoms with van der Waals surface area (Å²) in [7, 11) is 0. The summed E-state index contributed by atoms with van der Waals surface area (Å²) in [6.07, 6.45) is 1.86. The first-order valence-corrected chi connectivity index (χ1v) is 7.93. The first-order chi connectivity index (χ1) is 10.4. The van der Waals surface area contributed by atoms with Gasteiger partial charge in [0.25, 0.3) is 0 Å². The zero-order valence-corrected chi connectivity index (χ0v) is 12.6. The Morgan fingerprint density at radius 2 is 1.95 bits per heavy atom. The number of thiophene rings is 1. The summed E-state index contributed by atoms with van der Waals surface area (Å²) in [6.45, 7) is 2.54. The lowest BCUT2D eigenvalue weighted by Gasteiger charge is -2.21. The number of rotatable bonds is 6. The van der Waals surface area contributed by atoms with Crippen LogP contribution in [0.25, 0.3) is 10.9 Å². The van der Waals surface area contributed by atoms with Crippen LogP contribution in [0.4, 0.5) is 0 Å². The quantitative estimate of drug-likeness (QED) is 0.758. The highest BCUT2D eigenvalue weighted by atomic mass is 32.1. The van der Waals surface area contributed by atoms with E-state index in [1.807, 2.05) is 24.4 Å². The number of aliphatic hydroxyl groups excluding tert-OH is 1. The number of pyridine rings is 1. The third-order valence-electron chi connectivity index (χ3n) is 3.51. The summed E-state index contributed by atoms with van der Waals surface area (Å²) >= 11 is 1.76. The van der Waals surface area contributed by atoms with Crippen LogP contribution < -0.4 is 0 Å². The summed E-state index contributed by atoms with van der Waals surface area (Å²) < 4.78 is 0. The van der Waals surface area contributed by atoms with Crippen molar-refractivity contribution in [1.82, 2.24) is 9.88 Å². The first-order valence-electron chi connectivity index (χ1n) is 7.05. The fourth-order valence-electron chi connectivity index (χ4n) is 2.51. The number of nitrogens with zero attached hydrogens (tertiary/aromatic N) is 2. The van der Waals surface area contributed by atoms with E-state index in [0.29, 0.717) is 6.54 Å². The van der Waals surface area contributed by atoms with E-state index in [9.17, 15) is 5.11 Å². The molecule has 0 saturated carbocycles. The lowest BCUT2D eigenvalue weighted by atomic mass is 10.1. The van der Waals surface area contributed by atoms with Crippen LogP contribution in [-0.2, 0) is 13.1 Å². The van der Waals surface area contributed by atoms with Crippen LogP contribution in [0.2, 0.25) is 0 Å². The predicted octanol–water partition coefficient (Wildman–Crippen LogP) is 3.29. The lowest BCUT2D eigenvalue weighted by molar-refractivity contribution is 0.186. The van der Waals surface area contributed by atoms with Crippen LogP contribution in [-0.4, -0.2) is 28.1 Å². The van der Waals surface area contributed by atoms with Crippen molar-refractivity contribution in [3.05, 3.63) is 64.5 Å². The maximum Gasteiger partial charge on any atom is 0.0705 e. The number of aliphatic hydroxyl groups is 1. The monoisotopic (exact) mass is 298 g/mol. The van der Waals surface area contributed by atoms with Gasteiger partial charge in [0.2, 0.25) is 0 Å². The minimum absolute atomic E-state index is 0.175. The molecule has 0 spiro atoms. The summed E-state index contributed by atoms with van der Waals surface area (Å²) in [5.74, 6) is 0. The van der Waals surface area contributed by atoms with Gasteiger partial charge in [0.1, 0.15) is 0 Å². The van der Waals surface area contributed by atoms with E-state index in [-0.39, 0.29) is 6.61 Å². The molecule has 1 aromatic carbocycles. The predicted molar refractivity (Wildman–Crippen MR) is 87.3 cm³/mol. The smallest absolute Gasteiger partial charge is 0.0705 e. The van der Waals surface area contributed by atoms with Crippen molar-refractivity contribution in [3.8, 4) is 0 Å². The molecule has 0 saturated heterocycles. The van der Waals surface area contributed by atoms with Gasteiger partial charge in [-0.3, -0.25) is 9.88 Å². The number of benzene rings is 1.